The largest absolute Gasteiger partial charge is 0.462 e. The molecule has 0 aromatic heterocycles. The van der Waals surface area contributed by atoms with Crippen LogP contribution in [-0.4, -0.2) is 157 Å². The Morgan fingerprint density at radius 2 is 0.717 bits per heavy atom. The molecule has 0 radical (unpaired) electrons. The van der Waals surface area contributed by atoms with E-state index >= 15 is 0 Å². The SMILES string of the molecule is C=C(C)C(=O)OCCCCOC(C)OCC12CC3CC(C1)CC(C(=O)OCC(C)(F)F)(C3)C2.C=C(C)C(=O)OCCCCOC(C)OCC12CC3CC(C1)CC(OCCC(F)(F)C(C)(F)F)(C3)C2.C=C(C)C(=O)OCCOC(C)OCC12CC3CC(C1)CC(C(=O)OCC(C)(F)F)(C3)C2. The summed E-state index contributed by atoms with van der Waals surface area (Å²) in [5, 5.41) is 0. The van der Waals surface area contributed by atoms with Gasteiger partial charge in [-0.05, 0) is 235 Å². The number of carbonyl (C=O) groups excluding carboxylic acids is 5. The zero-order valence-corrected chi connectivity index (χ0v) is 60.0. The van der Waals surface area contributed by atoms with Gasteiger partial charge in [-0.25, -0.2) is 40.7 Å². The maximum atomic E-state index is 13.7. The summed E-state index contributed by atoms with van der Waals surface area (Å²) in [6, 6.07) is 0. The molecule has 0 spiro atoms. The number of alkyl halides is 8. The van der Waals surface area contributed by atoms with Crippen LogP contribution in [0.15, 0.2) is 36.5 Å². The summed E-state index contributed by atoms with van der Waals surface area (Å²) in [5.41, 5.74) is -1.09. The topological polar surface area (TPSA) is 196 Å². The Bertz CT molecular complexity index is 2720. The van der Waals surface area contributed by atoms with E-state index in [9.17, 15) is 59.1 Å². The maximum Gasteiger partial charge on any atom is 0.333 e. The number of halogens is 8. The van der Waals surface area contributed by atoms with Crippen molar-refractivity contribution in [1.29, 1.82) is 0 Å². The summed E-state index contributed by atoms with van der Waals surface area (Å²) in [7, 11) is 0. The lowest BCUT2D eigenvalue weighted by Crippen LogP contribution is -2.58. The first-order valence-electron chi connectivity index (χ1n) is 35.8. The number of hydrogen-bond donors (Lipinski definition) is 0. The molecule has 566 valence electrons. The highest BCUT2D eigenvalue weighted by Crippen LogP contribution is 2.68. The van der Waals surface area contributed by atoms with Crippen molar-refractivity contribution in [3.63, 3.8) is 0 Å². The third kappa shape index (κ3) is 23.9. The van der Waals surface area contributed by atoms with Crippen molar-refractivity contribution in [3.05, 3.63) is 36.5 Å². The van der Waals surface area contributed by atoms with E-state index in [1.165, 1.54) is 0 Å². The summed E-state index contributed by atoms with van der Waals surface area (Å²) in [6.07, 6.45) is 16.4. The van der Waals surface area contributed by atoms with Gasteiger partial charge in [-0.2, -0.15) is 8.78 Å². The quantitative estimate of drug-likeness (QED) is 0.0141. The van der Waals surface area contributed by atoms with Crippen molar-refractivity contribution in [2.45, 2.75) is 258 Å². The van der Waals surface area contributed by atoms with E-state index in [1.807, 2.05) is 13.8 Å². The van der Waals surface area contributed by atoms with Crippen molar-refractivity contribution in [2.75, 3.05) is 79.3 Å². The molecule has 0 heterocycles. The molecule has 12 bridgehead atoms. The minimum Gasteiger partial charge on any atom is -0.462 e. The second-order valence-corrected chi connectivity index (χ2v) is 32.0. The van der Waals surface area contributed by atoms with Crippen molar-refractivity contribution in [3.8, 4) is 0 Å². The lowest BCUT2D eigenvalue weighted by molar-refractivity contribution is -0.241. The highest BCUT2D eigenvalue weighted by atomic mass is 19.3. The molecule has 0 N–H and O–H groups in total. The smallest absolute Gasteiger partial charge is 0.333 e. The fourth-order valence-electron chi connectivity index (χ4n) is 18.7. The summed E-state index contributed by atoms with van der Waals surface area (Å²) in [4.78, 5) is 59.8. The highest BCUT2D eigenvalue weighted by Gasteiger charge is 2.64. The average Bonchev–Trinajstić information content (AvgIpc) is 0.737. The molecule has 12 aliphatic carbocycles. The van der Waals surface area contributed by atoms with Crippen LogP contribution < -0.4 is 0 Å². The first-order valence-corrected chi connectivity index (χ1v) is 35.8. The summed E-state index contributed by atoms with van der Waals surface area (Å²) in [5.74, 6) is -13.8. The predicted molar refractivity (Wildman–Crippen MR) is 348 cm³/mol. The van der Waals surface area contributed by atoms with Gasteiger partial charge in [0, 0.05) is 57.1 Å². The van der Waals surface area contributed by atoms with Crippen LogP contribution in [0.4, 0.5) is 35.1 Å². The van der Waals surface area contributed by atoms with Crippen LogP contribution in [0.5, 0.6) is 0 Å². The molecule has 12 saturated carbocycles. The molecular formula is C74H112F8O17. The summed E-state index contributed by atoms with van der Waals surface area (Å²) < 4.78 is 173. The second-order valence-electron chi connectivity index (χ2n) is 32.0. The number of hydrogen-bond acceptors (Lipinski definition) is 17. The Balaban J connectivity index is 0.000000209. The fourth-order valence-corrected chi connectivity index (χ4v) is 18.7. The zero-order valence-electron chi connectivity index (χ0n) is 60.0. The molecule has 25 heteroatoms. The molecule has 0 aliphatic heterocycles. The van der Waals surface area contributed by atoms with E-state index < -0.39 is 103 Å². The lowest BCUT2D eigenvalue weighted by Gasteiger charge is -2.61. The number of unbranched alkanes of at least 4 members (excludes halogenated alkanes) is 2. The van der Waals surface area contributed by atoms with Gasteiger partial charge in [-0.1, -0.05) is 19.7 Å². The molecule has 0 amide bonds. The van der Waals surface area contributed by atoms with Gasteiger partial charge in [-0.3, -0.25) is 9.59 Å². The van der Waals surface area contributed by atoms with Gasteiger partial charge in [-0.15, -0.1) is 0 Å². The van der Waals surface area contributed by atoms with E-state index in [4.69, 9.17) is 56.8 Å². The molecule has 9 unspecified atom stereocenters. The Labute approximate surface area is 580 Å². The molecule has 12 rings (SSSR count). The maximum absolute atomic E-state index is 13.7. The Morgan fingerprint density at radius 3 is 1.05 bits per heavy atom. The highest BCUT2D eigenvalue weighted by molar-refractivity contribution is 5.87. The Morgan fingerprint density at radius 1 is 0.404 bits per heavy atom. The van der Waals surface area contributed by atoms with E-state index in [0.717, 1.165) is 123 Å². The van der Waals surface area contributed by atoms with E-state index in [-0.39, 0.29) is 49.0 Å². The monoisotopic (exact) mass is 1420 g/mol. The van der Waals surface area contributed by atoms with Gasteiger partial charge in [0.25, 0.3) is 11.8 Å². The van der Waals surface area contributed by atoms with Gasteiger partial charge in [0.1, 0.15) is 6.61 Å². The van der Waals surface area contributed by atoms with Gasteiger partial charge >= 0.3 is 41.7 Å². The first-order chi connectivity index (χ1) is 46.1. The fraction of sp³-hybridized carbons (Fsp3) is 0.851. The van der Waals surface area contributed by atoms with E-state index in [2.05, 4.69) is 19.7 Å². The zero-order chi connectivity index (χ0) is 73.0. The van der Waals surface area contributed by atoms with Crippen LogP contribution in [0.2, 0.25) is 0 Å². The van der Waals surface area contributed by atoms with Crippen LogP contribution in [0.1, 0.15) is 210 Å². The standard InChI is InChI=1S/C26H40F4O5.C25H38F2O6.C23H34F2O6/c1-18(2)22(31)33-9-6-5-8-32-19(3)34-17-24-12-20-11-21(13-24)15-25(14-20,16-24)35-10-7-26(29,30)23(4,27)28;1-17(2)21(28)31-8-6-5-7-30-18(3)32-16-24-10-19-9-20(11-24)13-25(12-19,14-24)22(29)33-15-23(4,26)27;1-15(2)19(26)29-6-5-28-16(3)30-14-22-8-17-7-18(9-22)11-23(10-17,12-22)20(27)31-13-21(4,24)25/h19-21H,1,5-17H2,2-4H3;18-20H,1,5-16H2,2-4H3;16-18H,1,5-14H2,2-4H3. The van der Waals surface area contributed by atoms with Gasteiger partial charge in [0.15, 0.2) is 32.1 Å². The summed E-state index contributed by atoms with van der Waals surface area (Å²) >= 11 is 0. The van der Waals surface area contributed by atoms with E-state index in [0.29, 0.717) is 131 Å². The molecule has 17 nitrogen and oxygen atoms in total. The normalized spacial score (nSPS) is 31.6. The Hall–Kier alpha value is -4.27. The second kappa shape index (κ2) is 34.1. The predicted octanol–water partition coefficient (Wildman–Crippen LogP) is 15.6. The van der Waals surface area contributed by atoms with Crippen LogP contribution in [0.25, 0.3) is 0 Å². The third-order valence-corrected chi connectivity index (χ3v) is 21.6. The average molecular weight is 1430 g/mol. The van der Waals surface area contributed by atoms with Gasteiger partial charge < -0.3 is 56.8 Å². The van der Waals surface area contributed by atoms with Crippen molar-refractivity contribution < 1.29 is 116 Å². The molecule has 9 atom stereocenters. The minimum atomic E-state index is -4.07. The minimum absolute atomic E-state index is 0.0876. The molecular weight excluding hydrogens is 1310 g/mol. The molecule has 0 aromatic carbocycles. The molecule has 0 saturated heterocycles. The number of esters is 5. The van der Waals surface area contributed by atoms with Crippen LogP contribution in [-0.2, 0) is 80.8 Å². The molecule has 12 aliphatic rings. The molecule has 12 fully saturated rings. The van der Waals surface area contributed by atoms with Crippen molar-refractivity contribution >= 4 is 29.8 Å². The number of rotatable bonds is 39. The molecule has 99 heavy (non-hydrogen) atoms. The van der Waals surface area contributed by atoms with Crippen molar-refractivity contribution in [1.82, 2.24) is 0 Å². The van der Waals surface area contributed by atoms with Gasteiger partial charge in [0.2, 0.25) is 0 Å². The summed E-state index contributed by atoms with van der Waals surface area (Å²) in [6.45, 7) is 24.0. The Kier molecular flexibility index (Phi) is 28.3. The lowest BCUT2D eigenvalue weighted by atomic mass is 9.44. The number of ether oxygens (including phenoxy) is 12. The van der Waals surface area contributed by atoms with Crippen LogP contribution in [0.3, 0.4) is 0 Å². The third-order valence-electron chi connectivity index (χ3n) is 21.6. The number of carbonyl (C=O) groups is 5. The van der Waals surface area contributed by atoms with Crippen LogP contribution >= 0.6 is 0 Å². The first kappa shape index (κ1) is 82.0. The van der Waals surface area contributed by atoms with Crippen LogP contribution in [0, 0.1) is 62.6 Å². The van der Waals surface area contributed by atoms with Crippen molar-refractivity contribution in [2.24, 2.45) is 62.6 Å². The molecule has 0 aromatic rings. The van der Waals surface area contributed by atoms with Gasteiger partial charge in [0.05, 0.1) is 62.7 Å². The van der Waals surface area contributed by atoms with E-state index in [1.54, 1.807) is 27.7 Å².